The van der Waals surface area contributed by atoms with Crippen LogP contribution < -0.4 is 4.74 Å². The van der Waals surface area contributed by atoms with Gasteiger partial charge in [-0.15, -0.1) is 0 Å². The van der Waals surface area contributed by atoms with Gasteiger partial charge in [0.2, 0.25) is 0 Å². The summed E-state index contributed by atoms with van der Waals surface area (Å²) in [7, 11) is 3.41. The first-order valence-electron chi connectivity index (χ1n) is 13.9. The Balaban J connectivity index is 2.05. The fourth-order valence-electron chi connectivity index (χ4n) is 5.43. The molecule has 0 saturated heterocycles. The summed E-state index contributed by atoms with van der Waals surface area (Å²) >= 11 is 0. The van der Waals surface area contributed by atoms with Crippen molar-refractivity contribution < 1.29 is 14.6 Å². The molecule has 0 saturated carbocycles. The zero-order valence-electron chi connectivity index (χ0n) is 26.1. The lowest BCUT2D eigenvalue weighted by atomic mass is 9.88. The van der Waals surface area contributed by atoms with Crippen LogP contribution >= 0.6 is 0 Å². The summed E-state index contributed by atoms with van der Waals surface area (Å²) in [5, 5.41) is 11.1. The fourth-order valence-corrected chi connectivity index (χ4v) is 5.43. The van der Waals surface area contributed by atoms with Gasteiger partial charge in [0.15, 0.2) is 25.3 Å². The van der Waals surface area contributed by atoms with E-state index in [9.17, 15) is 9.90 Å². The quantitative estimate of drug-likeness (QED) is 0.265. The van der Waals surface area contributed by atoms with E-state index in [0.29, 0.717) is 28.8 Å². The molecule has 211 valence electrons. The van der Waals surface area contributed by atoms with E-state index in [0.717, 1.165) is 33.4 Å². The molecule has 4 aromatic rings. The van der Waals surface area contributed by atoms with E-state index in [1.807, 2.05) is 0 Å². The predicted octanol–water partition coefficient (Wildman–Crippen LogP) is 6.86. The lowest BCUT2D eigenvalue weighted by Crippen LogP contribution is -2.23. The highest BCUT2D eigenvalue weighted by Crippen LogP contribution is 2.38. The van der Waals surface area contributed by atoms with E-state index in [2.05, 4.69) is 77.1 Å². The van der Waals surface area contributed by atoms with Gasteiger partial charge in [0, 0.05) is 17.2 Å². The van der Waals surface area contributed by atoms with Crippen LogP contribution in [0.2, 0.25) is 0 Å². The van der Waals surface area contributed by atoms with E-state index in [-0.39, 0.29) is 11.4 Å². The molecule has 0 fully saturated rings. The van der Waals surface area contributed by atoms with E-state index in [1.165, 1.54) is 39.4 Å². The molecule has 6 nitrogen and oxygen atoms in total. The monoisotopic (exact) mass is 548 g/mol. The summed E-state index contributed by atoms with van der Waals surface area (Å²) in [5.74, 6) is 1.80. The lowest BCUT2D eigenvalue weighted by molar-refractivity contribution is -0.117. The normalized spacial score (nSPS) is 12.0. The zero-order valence-corrected chi connectivity index (χ0v) is 26.1. The lowest BCUT2D eigenvalue weighted by Gasteiger charge is -2.21. The average Bonchev–Trinajstić information content (AvgIpc) is 2.93. The summed E-state index contributed by atoms with van der Waals surface area (Å²) in [4.78, 5) is 26.6. The third-order valence-corrected chi connectivity index (χ3v) is 9.06. The Morgan fingerprint density at radius 1 is 0.659 bits per heavy atom. The molecule has 1 N–H and O–H groups in total. The Bertz CT molecular complexity index is 1580. The third kappa shape index (κ3) is 5.26. The van der Waals surface area contributed by atoms with Crippen molar-refractivity contribution >= 4 is 13.5 Å². The van der Waals surface area contributed by atoms with Crippen LogP contribution in [0.3, 0.4) is 0 Å². The van der Waals surface area contributed by atoms with Crippen LogP contribution in [-0.2, 0) is 4.79 Å². The van der Waals surface area contributed by atoms with Crippen molar-refractivity contribution in [2.75, 3.05) is 0 Å². The molecule has 1 unspecified atom stereocenters. The molecule has 1 heterocycles. The van der Waals surface area contributed by atoms with Crippen molar-refractivity contribution in [3.8, 4) is 45.7 Å². The van der Waals surface area contributed by atoms with Crippen LogP contribution in [0.5, 0.6) is 11.5 Å². The second-order valence-electron chi connectivity index (χ2n) is 11.2. The van der Waals surface area contributed by atoms with Gasteiger partial charge in [-0.25, -0.2) is 15.0 Å². The number of ether oxygens (including phenoxy) is 1. The molecule has 4 rings (SSSR count). The standard InChI is InChI=1S/C34H39BN3O3/c1-15-17(3)21(7)29(22(8)18(15)4)33-36-32(27-13-12-26(14-28(27)39)41-25(11)31(35)40)37-34(38-33)30-23(9)19(5)16(2)20(6)24(30)10/h12-14,25,35,39H,1-11H3. The number of aromatic nitrogens is 3. The number of phenolic OH excluding ortho intramolecular Hbond substituents is 1. The van der Waals surface area contributed by atoms with Crippen molar-refractivity contribution in [3.05, 3.63) is 73.8 Å². The number of rotatable bonds is 6. The van der Waals surface area contributed by atoms with Gasteiger partial charge in [0.1, 0.15) is 23.3 Å². The van der Waals surface area contributed by atoms with Gasteiger partial charge < -0.3 is 14.6 Å². The van der Waals surface area contributed by atoms with E-state index < -0.39 is 6.10 Å². The zero-order chi connectivity index (χ0) is 30.5. The minimum atomic E-state index is -0.728. The number of aromatic hydroxyl groups is 1. The van der Waals surface area contributed by atoms with Gasteiger partial charge in [-0.3, -0.25) is 0 Å². The highest BCUT2D eigenvalue weighted by molar-refractivity contribution is 6.58. The molecule has 0 bridgehead atoms. The smallest absolute Gasteiger partial charge is 0.185 e. The summed E-state index contributed by atoms with van der Waals surface area (Å²) in [6.07, 6.45) is -0.728. The SMILES string of the molecule is [BH]C(=O)C(C)Oc1ccc(-c2nc(-c3c(C)c(C)c(C)c(C)c3C)nc(-c3c(C)c(C)c(C)c(C)c3C)n2)c(O)c1. The molecule has 1 atom stereocenters. The minimum Gasteiger partial charge on any atom is -0.507 e. The van der Waals surface area contributed by atoms with Gasteiger partial charge in [0.25, 0.3) is 0 Å². The molecule has 0 aliphatic carbocycles. The number of phenols is 1. The van der Waals surface area contributed by atoms with Crippen LogP contribution in [0.25, 0.3) is 34.2 Å². The maximum Gasteiger partial charge on any atom is 0.185 e. The second kappa shape index (κ2) is 11.1. The molecular formula is C34H39BN3O3. The van der Waals surface area contributed by atoms with E-state index in [1.54, 1.807) is 19.1 Å². The Labute approximate surface area is 244 Å². The number of nitrogens with zero attached hydrogens (tertiary/aromatic N) is 3. The molecule has 41 heavy (non-hydrogen) atoms. The number of carbonyl (C=O) groups excluding carboxylic acids is 1. The van der Waals surface area contributed by atoms with Gasteiger partial charge in [0.05, 0.1) is 5.56 Å². The maximum absolute atomic E-state index is 11.6. The summed E-state index contributed by atoms with van der Waals surface area (Å²) in [6, 6.07) is 4.89. The van der Waals surface area contributed by atoms with Crippen LogP contribution in [0, 0.1) is 69.2 Å². The first-order chi connectivity index (χ1) is 19.1. The highest BCUT2D eigenvalue weighted by atomic mass is 16.5. The number of hydrogen-bond acceptors (Lipinski definition) is 6. The van der Waals surface area contributed by atoms with Crippen LogP contribution in [-0.4, -0.2) is 39.7 Å². The molecule has 0 amide bonds. The van der Waals surface area contributed by atoms with E-state index >= 15 is 0 Å². The van der Waals surface area contributed by atoms with Gasteiger partial charge in [-0.2, -0.15) is 0 Å². The Kier molecular flexibility index (Phi) is 8.13. The maximum atomic E-state index is 11.6. The molecule has 0 spiro atoms. The van der Waals surface area contributed by atoms with Crippen LogP contribution in [0.15, 0.2) is 18.2 Å². The molecule has 3 aromatic carbocycles. The van der Waals surface area contributed by atoms with Gasteiger partial charge in [-0.1, -0.05) is 0 Å². The number of hydrogen-bond donors (Lipinski definition) is 1. The average molecular weight is 549 g/mol. The number of carbonyl (C=O) groups is 1. The summed E-state index contributed by atoms with van der Waals surface area (Å²) in [6.45, 7) is 22.9. The van der Waals surface area contributed by atoms with Gasteiger partial charge in [-0.05, 0) is 144 Å². The van der Waals surface area contributed by atoms with Crippen molar-refractivity contribution in [2.24, 2.45) is 0 Å². The second-order valence-corrected chi connectivity index (χ2v) is 11.2. The van der Waals surface area contributed by atoms with E-state index in [4.69, 9.17) is 19.7 Å². The number of benzene rings is 3. The fraction of sp³-hybridized carbons (Fsp3) is 0.353. The first kappa shape index (κ1) is 30.0. The largest absolute Gasteiger partial charge is 0.507 e. The highest BCUT2D eigenvalue weighted by Gasteiger charge is 2.23. The Morgan fingerprint density at radius 3 is 1.39 bits per heavy atom. The van der Waals surface area contributed by atoms with Gasteiger partial charge >= 0.3 is 0 Å². The van der Waals surface area contributed by atoms with Crippen LogP contribution in [0.4, 0.5) is 0 Å². The first-order valence-corrected chi connectivity index (χ1v) is 13.9. The summed E-state index contributed by atoms with van der Waals surface area (Å²) in [5.41, 5.74) is 13.9. The molecule has 1 aromatic heterocycles. The molecule has 7 heteroatoms. The van der Waals surface area contributed by atoms with Crippen molar-refractivity contribution in [2.45, 2.75) is 82.3 Å². The van der Waals surface area contributed by atoms with Crippen LogP contribution in [0.1, 0.15) is 62.6 Å². The molecule has 0 aliphatic heterocycles. The molecule has 0 aliphatic rings. The third-order valence-electron chi connectivity index (χ3n) is 9.06. The Morgan fingerprint density at radius 2 is 1.02 bits per heavy atom. The minimum absolute atomic E-state index is 0.0521. The van der Waals surface area contributed by atoms with Crippen molar-refractivity contribution in [3.63, 3.8) is 0 Å². The predicted molar refractivity (Wildman–Crippen MR) is 167 cm³/mol. The van der Waals surface area contributed by atoms with Crippen molar-refractivity contribution in [1.82, 2.24) is 15.0 Å². The Hall–Kier alpha value is -4.00. The molecule has 1 radical (unpaired) electrons. The topological polar surface area (TPSA) is 85.2 Å². The molecular weight excluding hydrogens is 509 g/mol. The summed E-state index contributed by atoms with van der Waals surface area (Å²) < 4.78 is 5.65. The van der Waals surface area contributed by atoms with Crippen molar-refractivity contribution in [1.29, 1.82) is 0 Å².